The van der Waals surface area contributed by atoms with Crippen molar-refractivity contribution < 1.29 is 13.2 Å². The van der Waals surface area contributed by atoms with Crippen LogP contribution >= 0.6 is 11.6 Å². The van der Waals surface area contributed by atoms with Crippen LogP contribution in [0.5, 0.6) is 5.75 Å². The Kier molecular flexibility index (Phi) is 3.78. The predicted molar refractivity (Wildman–Crippen MR) is 87.4 cm³/mol. The highest BCUT2D eigenvalue weighted by molar-refractivity contribution is 7.93. The number of para-hydroxylation sites is 1. The molecule has 0 radical (unpaired) electrons. The minimum absolute atomic E-state index is 0.0994. The Morgan fingerprint density at radius 2 is 1.95 bits per heavy atom. The summed E-state index contributed by atoms with van der Waals surface area (Å²) >= 11 is 6.12. The van der Waals surface area contributed by atoms with Crippen LogP contribution in [-0.4, -0.2) is 22.1 Å². The number of benzene rings is 2. The van der Waals surface area contributed by atoms with E-state index in [-0.39, 0.29) is 4.90 Å². The number of hydrogen-bond acceptors (Lipinski definition) is 3. The van der Waals surface area contributed by atoms with Crippen molar-refractivity contribution in [1.29, 1.82) is 0 Å². The first-order chi connectivity index (χ1) is 10.4. The molecule has 22 heavy (non-hydrogen) atoms. The first kappa shape index (κ1) is 15.2. The molecular formula is C16H16ClNO3S. The summed E-state index contributed by atoms with van der Waals surface area (Å²) in [4.78, 5) is 0.0994. The van der Waals surface area contributed by atoms with Crippen molar-refractivity contribution in [1.82, 2.24) is 0 Å². The van der Waals surface area contributed by atoms with Gasteiger partial charge < -0.3 is 4.74 Å². The number of hydrogen-bond donors (Lipinski definition) is 0. The van der Waals surface area contributed by atoms with Gasteiger partial charge >= 0.3 is 0 Å². The van der Waals surface area contributed by atoms with Crippen molar-refractivity contribution in [3.8, 4) is 5.75 Å². The van der Waals surface area contributed by atoms with Crippen molar-refractivity contribution in [2.45, 2.75) is 18.2 Å². The number of halogens is 1. The van der Waals surface area contributed by atoms with Gasteiger partial charge in [-0.2, -0.15) is 0 Å². The topological polar surface area (TPSA) is 46.6 Å². The maximum absolute atomic E-state index is 13.0. The lowest BCUT2D eigenvalue weighted by Crippen LogP contribution is -2.29. The standard InChI is InChI=1S/C16H16ClNO3S/c1-11-9-15(21-2)16(10-13(11)17)22(19,20)18-8-7-12-5-3-4-6-14(12)18/h3-6,9-10H,7-8H2,1-2H3. The summed E-state index contributed by atoms with van der Waals surface area (Å²) in [5.41, 5.74) is 2.53. The normalized spacial score (nSPS) is 14.0. The molecule has 1 aliphatic rings. The Bertz CT molecular complexity index is 833. The largest absolute Gasteiger partial charge is 0.495 e. The van der Waals surface area contributed by atoms with Gasteiger partial charge in [0.05, 0.1) is 12.8 Å². The maximum Gasteiger partial charge on any atom is 0.268 e. The third-order valence-corrected chi connectivity index (χ3v) is 6.10. The van der Waals surface area contributed by atoms with Crippen molar-refractivity contribution in [3.05, 3.63) is 52.5 Å². The van der Waals surface area contributed by atoms with Gasteiger partial charge in [0.2, 0.25) is 0 Å². The number of anilines is 1. The molecule has 0 saturated carbocycles. The highest BCUT2D eigenvalue weighted by Crippen LogP contribution is 2.37. The van der Waals surface area contributed by atoms with E-state index in [9.17, 15) is 8.42 Å². The first-order valence-corrected chi connectivity index (χ1v) is 8.71. The van der Waals surface area contributed by atoms with E-state index in [2.05, 4.69) is 0 Å². The molecule has 0 saturated heterocycles. The average Bonchev–Trinajstić information content (AvgIpc) is 2.94. The number of nitrogens with zero attached hydrogens (tertiary/aromatic N) is 1. The lowest BCUT2D eigenvalue weighted by molar-refractivity contribution is 0.402. The number of ether oxygens (including phenoxy) is 1. The van der Waals surface area contributed by atoms with Gasteiger partial charge in [-0.15, -0.1) is 0 Å². The molecule has 4 nitrogen and oxygen atoms in total. The molecule has 0 fully saturated rings. The lowest BCUT2D eigenvalue weighted by Gasteiger charge is -2.21. The van der Waals surface area contributed by atoms with Gasteiger partial charge in [-0.05, 0) is 42.7 Å². The van der Waals surface area contributed by atoms with Crippen LogP contribution in [0.2, 0.25) is 5.02 Å². The van der Waals surface area contributed by atoms with E-state index in [4.69, 9.17) is 16.3 Å². The van der Waals surface area contributed by atoms with Crippen LogP contribution in [0.4, 0.5) is 5.69 Å². The molecular weight excluding hydrogens is 322 g/mol. The van der Waals surface area contributed by atoms with E-state index in [1.54, 1.807) is 6.07 Å². The van der Waals surface area contributed by atoms with Gasteiger partial charge in [0.15, 0.2) is 0 Å². The van der Waals surface area contributed by atoms with Crippen LogP contribution in [0.3, 0.4) is 0 Å². The third-order valence-electron chi connectivity index (χ3n) is 3.86. The summed E-state index contributed by atoms with van der Waals surface area (Å²) in [5.74, 6) is 0.311. The second-order valence-corrected chi connectivity index (χ2v) is 7.45. The van der Waals surface area contributed by atoms with Crippen molar-refractivity contribution in [2.75, 3.05) is 18.0 Å². The molecule has 0 atom stereocenters. The second-order valence-electron chi connectivity index (χ2n) is 5.21. The summed E-state index contributed by atoms with van der Waals surface area (Å²) < 4.78 is 32.7. The highest BCUT2D eigenvalue weighted by Gasteiger charge is 2.33. The molecule has 0 amide bonds. The zero-order valence-corrected chi connectivity index (χ0v) is 13.9. The zero-order chi connectivity index (χ0) is 15.9. The third kappa shape index (κ3) is 2.34. The van der Waals surface area contributed by atoms with Crippen LogP contribution < -0.4 is 9.04 Å². The first-order valence-electron chi connectivity index (χ1n) is 6.90. The molecule has 0 bridgehead atoms. The Balaban J connectivity index is 2.14. The fourth-order valence-corrected chi connectivity index (χ4v) is 4.57. The van der Waals surface area contributed by atoms with Gasteiger partial charge in [0.1, 0.15) is 10.6 Å². The van der Waals surface area contributed by atoms with Crippen LogP contribution in [0, 0.1) is 6.92 Å². The summed E-state index contributed by atoms with van der Waals surface area (Å²) in [5, 5.41) is 0.409. The fraction of sp³-hybridized carbons (Fsp3) is 0.250. The summed E-state index contributed by atoms with van der Waals surface area (Å²) in [6.07, 6.45) is 0.706. The van der Waals surface area contributed by atoms with Crippen LogP contribution in [-0.2, 0) is 16.4 Å². The number of aryl methyl sites for hydroxylation is 1. The van der Waals surface area contributed by atoms with Crippen molar-refractivity contribution in [2.24, 2.45) is 0 Å². The minimum Gasteiger partial charge on any atom is -0.495 e. The Hall–Kier alpha value is -1.72. The number of rotatable bonds is 3. The molecule has 116 valence electrons. The number of methoxy groups -OCH3 is 1. The maximum atomic E-state index is 13.0. The predicted octanol–water partition coefficient (Wildman–Crippen LogP) is 3.41. The van der Waals surface area contributed by atoms with Crippen LogP contribution in [0.25, 0.3) is 0 Å². The average molecular weight is 338 g/mol. The molecule has 0 spiro atoms. The van der Waals surface area contributed by atoms with Gasteiger partial charge in [-0.1, -0.05) is 29.8 Å². The highest BCUT2D eigenvalue weighted by atomic mass is 35.5. The molecule has 0 aliphatic carbocycles. The Labute approximate surface area is 135 Å². The van der Waals surface area contributed by atoms with E-state index in [1.165, 1.54) is 17.5 Å². The molecule has 0 unspecified atom stereocenters. The smallest absolute Gasteiger partial charge is 0.268 e. The van der Waals surface area contributed by atoms with Crippen molar-refractivity contribution in [3.63, 3.8) is 0 Å². The SMILES string of the molecule is COc1cc(C)c(Cl)cc1S(=O)(=O)N1CCc2ccccc21. The zero-order valence-electron chi connectivity index (χ0n) is 12.3. The Morgan fingerprint density at radius 3 is 2.68 bits per heavy atom. The van der Waals surface area contributed by atoms with E-state index >= 15 is 0 Å². The van der Waals surface area contributed by atoms with E-state index in [0.29, 0.717) is 23.7 Å². The number of fused-ring (bicyclic) bond motifs is 1. The molecule has 2 aromatic rings. The van der Waals surface area contributed by atoms with Crippen molar-refractivity contribution >= 4 is 27.3 Å². The summed E-state index contributed by atoms with van der Waals surface area (Å²) in [6, 6.07) is 10.6. The van der Waals surface area contributed by atoms with Gasteiger partial charge in [-0.25, -0.2) is 8.42 Å². The molecule has 1 aliphatic heterocycles. The number of sulfonamides is 1. The molecule has 3 rings (SSSR count). The van der Waals surface area contributed by atoms with E-state index in [1.807, 2.05) is 31.2 Å². The van der Waals surface area contributed by atoms with E-state index in [0.717, 1.165) is 16.8 Å². The monoisotopic (exact) mass is 337 g/mol. The Morgan fingerprint density at radius 1 is 1.23 bits per heavy atom. The minimum atomic E-state index is -3.71. The van der Waals surface area contributed by atoms with Gasteiger partial charge in [0.25, 0.3) is 10.0 Å². The lowest BCUT2D eigenvalue weighted by atomic mass is 10.2. The molecule has 1 heterocycles. The molecule has 2 aromatic carbocycles. The van der Waals surface area contributed by atoms with Gasteiger partial charge in [-0.3, -0.25) is 4.31 Å². The molecule has 0 N–H and O–H groups in total. The second kappa shape index (κ2) is 5.48. The van der Waals surface area contributed by atoms with Crippen LogP contribution in [0.1, 0.15) is 11.1 Å². The van der Waals surface area contributed by atoms with Gasteiger partial charge in [0, 0.05) is 11.6 Å². The molecule has 0 aromatic heterocycles. The summed E-state index contributed by atoms with van der Waals surface area (Å²) in [7, 11) is -2.25. The fourth-order valence-electron chi connectivity index (χ4n) is 2.67. The van der Waals surface area contributed by atoms with E-state index < -0.39 is 10.0 Å². The summed E-state index contributed by atoms with van der Waals surface area (Å²) in [6.45, 7) is 2.24. The quantitative estimate of drug-likeness (QED) is 0.862. The van der Waals surface area contributed by atoms with Crippen LogP contribution in [0.15, 0.2) is 41.3 Å². The molecule has 6 heteroatoms.